The number of anilines is 3. The molecule has 0 radical (unpaired) electrons. The van der Waals surface area contributed by atoms with Gasteiger partial charge in [0.25, 0.3) is 20.0 Å². The number of methoxy groups -OCH3 is 1. The second kappa shape index (κ2) is 13.2. The fraction of sp³-hybridized carbons (Fsp3) is 0.138. The van der Waals surface area contributed by atoms with Crippen molar-refractivity contribution in [3.8, 4) is 5.75 Å². The van der Waals surface area contributed by atoms with Crippen molar-refractivity contribution in [2.24, 2.45) is 0 Å². The number of nitrogens with zero attached hydrogens (tertiary/aromatic N) is 1. The van der Waals surface area contributed by atoms with Gasteiger partial charge in [0, 0.05) is 11.4 Å². The highest BCUT2D eigenvalue weighted by Gasteiger charge is 2.34. The van der Waals surface area contributed by atoms with Crippen LogP contribution in [0.2, 0.25) is 10.0 Å². The predicted octanol–water partition coefficient (Wildman–Crippen LogP) is 6.96. The molecule has 4 rings (SSSR count). The molecule has 0 aliphatic heterocycles. The van der Waals surface area contributed by atoms with Crippen LogP contribution in [-0.4, -0.2) is 36.4 Å². The molecule has 45 heavy (non-hydrogen) atoms. The number of aryl methyl sites for hydroxylation is 1. The molecule has 4 aromatic rings. The molecule has 238 valence electrons. The van der Waals surface area contributed by atoms with Crippen LogP contribution >= 0.6 is 23.2 Å². The van der Waals surface area contributed by atoms with Crippen LogP contribution in [0, 0.1) is 6.92 Å². The smallest absolute Gasteiger partial charge is 0.417 e. The lowest BCUT2D eigenvalue weighted by Gasteiger charge is -2.24. The van der Waals surface area contributed by atoms with Crippen LogP contribution in [-0.2, 0) is 31.0 Å². The van der Waals surface area contributed by atoms with E-state index in [-0.39, 0.29) is 31.9 Å². The van der Waals surface area contributed by atoms with Crippen molar-refractivity contribution in [3.63, 3.8) is 0 Å². The predicted molar refractivity (Wildman–Crippen MR) is 166 cm³/mol. The number of carbonyl (C=O) groups is 1. The lowest BCUT2D eigenvalue weighted by Crippen LogP contribution is -2.38. The molecule has 0 atom stereocenters. The number of benzene rings is 4. The Labute approximate surface area is 267 Å². The topological polar surface area (TPSA) is 122 Å². The van der Waals surface area contributed by atoms with E-state index in [2.05, 4.69) is 10.0 Å². The Morgan fingerprint density at radius 1 is 0.822 bits per heavy atom. The van der Waals surface area contributed by atoms with Crippen LogP contribution in [0.15, 0.2) is 94.7 Å². The molecule has 0 fully saturated rings. The van der Waals surface area contributed by atoms with E-state index in [9.17, 15) is 34.8 Å². The van der Waals surface area contributed by atoms with E-state index in [1.165, 1.54) is 49.6 Å². The summed E-state index contributed by atoms with van der Waals surface area (Å²) in [5.41, 5.74) is -0.550. The van der Waals surface area contributed by atoms with Crippen LogP contribution in [0.4, 0.5) is 30.2 Å². The number of rotatable bonds is 10. The minimum atomic E-state index is -4.80. The van der Waals surface area contributed by atoms with E-state index < -0.39 is 49.3 Å². The summed E-state index contributed by atoms with van der Waals surface area (Å²) in [7, 11) is -7.20. The van der Waals surface area contributed by atoms with Crippen molar-refractivity contribution < 1.29 is 39.5 Å². The average Bonchev–Trinajstić information content (AvgIpc) is 2.96. The Kier molecular flexibility index (Phi) is 9.92. The molecule has 9 nitrogen and oxygen atoms in total. The molecular formula is C29H24Cl2F3N3O6S2. The largest absolute Gasteiger partial charge is 0.495 e. The maximum Gasteiger partial charge on any atom is 0.417 e. The van der Waals surface area contributed by atoms with Crippen molar-refractivity contribution >= 4 is 66.2 Å². The van der Waals surface area contributed by atoms with Gasteiger partial charge < -0.3 is 10.1 Å². The highest BCUT2D eigenvalue weighted by atomic mass is 35.5. The summed E-state index contributed by atoms with van der Waals surface area (Å²) in [5, 5.41) is 2.03. The fourth-order valence-corrected chi connectivity index (χ4v) is 6.97. The van der Waals surface area contributed by atoms with Gasteiger partial charge in [-0.05, 0) is 79.7 Å². The van der Waals surface area contributed by atoms with Gasteiger partial charge in [0.2, 0.25) is 5.91 Å². The van der Waals surface area contributed by atoms with Crippen LogP contribution < -0.4 is 19.1 Å². The maximum absolute atomic E-state index is 13.6. The number of alkyl halides is 3. The zero-order valence-electron chi connectivity index (χ0n) is 23.4. The Morgan fingerprint density at radius 3 is 2.00 bits per heavy atom. The Morgan fingerprint density at radius 2 is 1.42 bits per heavy atom. The summed E-state index contributed by atoms with van der Waals surface area (Å²) >= 11 is 11.8. The van der Waals surface area contributed by atoms with Gasteiger partial charge in [-0.15, -0.1) is 0 Å². The van der Waals surface area contributed by atoms with Gasteiger partial charge in [0.15, 0.2) is 0 Å². The Balaban J connectivity index is 1.55. The molecule has 4 aromatic carbocycles. The van der Waals surface area contributed by atoms with Gasteiger partial charge in [-0.2, -0.15) is 13.2 Å². The van der Waals surface area contributed by atoms with Crippen molar-refractivity contribution in [1.29, 1.82) is 0 Å². The van der Waals surface area contributed by atoms with Gasteiger partial charge in [-0.3, -0.25) is 13.8 Å². The Bertz CT molecular complexity index is 1940. The third-order valence-corrected chi connectivity index (χ3v) is 10.1. The number of hydrogen-bond donors (Lipinski definition) is 2. The first-order valence-electron chi connectivity index (χ1n) is 12.7. The first kappa shape index (κ1) is 33.9. The van der Waals surface area contributed by atoms with E-state index in [0.29, 0.717) is 11.8 Å². The zero-order valence-corrected chi connectivity index (χ0v) is 26.5. The number of hydrogen-bond acceptors (Lipinski definition) is 6. The number of nitrogens with one attached hydrogen (secondary N) is 2. The number of ether oxygens (including phenoxy) is 1. The monoisotopic (exact) mass is 701 g/mol. The lowest BCUT2D eigenvalue weighted by molar-refractivity contribution is -0.137. The van der Waals surface area contributed by atoms with E-state index >= 15 is 0 Å². The van der Waals surface area contributed by atoms with Crippen LogP contribution in [0.5, 0.6) is 5.75 Å². The summed E-state index contributed by atoms with van der Waals surface area (Å²) in [4.78, 5) is 12.7. The third-order valence-electron chi connectivity index (χ3n) is 6.29. The highest BCUT2D eigenvalue weighted by molar-refractivity contribution is 7.93. The maximum atomic E-state index is 13.6. The van der Waals surface area contributed by atoms with Crippen LogP contribution in [0.1, 0.15) is 11.1 Å². The minimum absolute atomic E-state index is 0.0714. The van der Waals surface area contributed by atoms with E-state index in [1.54, 1.807) is 19.1 Å². The first-order valence-corrected chi connectivity index (χ1v) is 16.4. The van der Waals surface area contributed by atoms with Gasteiger partial charge in [0.1, 0.15) is 12.3 Å². The van der Waals surface area contributed by atoms with E-state index in [4.69, 9.17) is 27.9 Å². The van der Waals surface area contributed by atoms with Crippen molar-refractivity contribution in [3.05, 3.63) is 106 Å². The lowest BCUT2D eigenvalue weighted by atomic mass is 10.2. The molecule has 2 N–H and O–H groups in total. The molecule has 0 heterocycles. The van der Waals surface area contributed by atoms with Gasteiger partial charge >= 0.3 is 6.18 Å². The van der Waals surface area contributed by atoms with Crippen molar-refractivity contribution in [1.82, 2.24) is 0 Å². The summed E-state index contributed by atoms with van der Waals surface area (Å²) in [5.74, 6) is -0.480. The number of amides is 1. The van der Waals surface area contributed by atoms with Gasteiger partial charge in [0.05, 0.1) is 38.2 Å². The molecule has 0 unspecified atom stereocenters. The fourth-order valence-electron chi connectivity index (χ4n) is 4.03. The normalized spacial score (nSPS) is 12.0. The summed E-state index contributed by atoms with van der Waals surface area (Å²) in [6.45, 7) is 1.11. The SMILES string of the molecule is COc1ccc(N(CC(=O)Nc2ccc(S(=O)(=O)Nc3ccc(Cl)c(C(F)(F)F)c3)cc2)S(=O)(=O)c2ccc(C)cc2)cc1Cl. The summed E-state index contributed by atoms with van der Waals surface area (Å²) in [6.07, 6.45) is -4.80. The zero-order chi connectivity index (χ0) is 33.2. The van der Waals surface area contributed by atoms with Crippen LogP contribution in [0.25, 0.3) is 0 Å². The average molecular weight is 703 g/mol. The molecule has 0 aliphatic rings. The Hall–Kier alpha value is -3.98. The van der Waals surface area contributed by atoms with Gasteiger partial charge in [-0.25, -0.2) is 16.8 Å². The number of halogens is 5. The quantitative estimate of drug-likeness (QED) is 0.184. The standard InChI is InChI=1S/C29H24Cl2F3N3O6S2/c1-18-3-9-23(10-4-18)45(41,42)37(21-8-14-27(43-2)26(31)16-21)17-28(38)35-19-5-11-22(12-6-19)44(39,40)36-20-7-13-25(30)24(15-20)29(32,33)34/h3-16,36H,17H2,1-2H3,(H,35,38). The molecule has 0 saturated heterocycles. The molecule has 0 saturated carbocycles. The molecule has 0 aromatic heterocycles. The van der Waals surface area contributed by atoms with E-state index in [1.807, 2.05) is 0 Å². The van der Waals surface area contributed by atoms with Crippen LogP contribution in [0.3, 0.4) is 0 Å². The molecule has 0 bridgehead atoms. The molecule has 0 aliphatic carbocycles. The molecule has 0 spiro atoms. The summed E-state index contributed by atoms with van der Waals surface area (Å²) < 4.78 is 100. The second-order valence-electron chi connectivity index (χ2n) is 9.51. The first-order chi connectivity index (χ1) is 21.0. The number of sulfonamides is 2. The van der Waals surface area contributed by atoms with E-state index in [0.717, 1.165) is 34.1 Å². The molecule has 1 amide bonds. The highest BCUT2D eigenvalue weighted by Crippen LogP contribution is 2.37. The summed E-state index contributed by atoms with van der Waals surface area (Å²) in [6, 6.07) is 17.5. The second-order valence-corrected chi connectivity index (χ2v) is 13.9. The van der Waals surface area contributed by atoms with Crippen molar-refractivity contribution in [2.45, 2.75) is 22.9 Å². The molecular weight excluding hydrogens is 678 g/mol. The third kappa shape index (κ3) is 8.00. The minimum Gasteiger partial charge on any atom is -0.495 e. The number of carbonyl (C=O) groups excluding carboxylic acids is 1. The molecule has 16 heteroatoms. The van der Waals surface area contributed by atoms with Crippen molar-refractivity contribution in [2.75, 3.05) is 28.0 Å². The van der Waals surface area contributed by atoms with Gasteiger partial charge in [-0.1, -0.05) is 40.9 Å².